The van der Waals surface area contributed by atoms with Crippen LogP contribution in [0, 0.1) is 5.92 Å². The van der Waals surface area contributed by atoms with Crippen LogP contribution in [0.2, 0.25) is 0 Å². The van der Waals surface area contributed by atoms with Crippen molar-refractivity contribution in [2.75, 3.05) is 14.1 Å². The maximum Gasteiger partial charge on any atom is 0.0767 e. The van der Waals surface area contributed by atoms with Crippen molar-refractivity contribution in [3.63, 3.8) is 0 Å². The number of hydrogen-bond acceptors (Lipinski definition) is 2. The predicted octanol–water partition coefficient (Wildman–Crippen LogP) is 4.36. The topological polar surface area (TPSA) is 12.5 Å². The van der Waals surface area contributed by atoms with Crippen LogP contribution in [-0.2, 0) is 4.84 Å². The lowest BCUT2D eigenvalue weighted by Crippen LogP contribution is -2.22. The quantitative estimate of drug-likeness (QED) is 0.637. The molecule has 0 N–H and O–H groups in total. The van der Waals surface area contributed by atoms with Gasteiger partial charge < -0.3 is 0 Å². The fourth-order valence-electron chi connectivity index (χ4n) is 1.14. The molecule has 0 aromatic rings. The van der Waals surface area contributed by atoms with Crippen LogP contribution in [0.1, 0.15) is 61.3 Å². The molecule has 0 spiro atoms. The van der Waals surface area contributed by atoms with Crippen molar-refractivity contribution < 1.29 is 4.84 Å². The van der Waals surface area contributed by atoms with E-state index in [4.69, 9.17) is 4.84 Å². The standard InChI is InChI=1S/C9H21NO.2C2H6/c1-6-8(2)7-9(3)11-10(4)5;2*1-2/h8-9H,6-7H2,1-5H3;2*1-2H3. The van der Waals surface area contributed by atoms with Crippen molar-refractivity contribution in [1.82, 2.24) is 5.06 Å². The molecule has 15 heavy (non-hydrogen) atoms. The Hall–Kier alpha value is -0.0800. The van der Waals surface area contributed by atoms with Gasteiger partial charge >= 0.3 is 0 Å². The zero-order chi connectivity index (χ0) is 12.9. The Morgan fingerprint density at radius 3 is 1.67 bits per heavy atom. The Labute approximate surface area is 98.0 Å². The first-order valence-corrected chi connectivity index (χ1v) is 6.40. The summed E-state index contributed by atoms with van der Waals surface area (Å²) in [4.78, 5) is 5.46. The summed E-state index contributed by atoms with van der Waals surface area (Å²) in [7, 11) is 3.85. The minimum absolute atomic E-state index is 0.347. The fraction of sp³-hybridized carbons (Fsp3) is 1.00. The van der Waals surface area contributed by atoms with Gasteiger partial charge in [-0.05, 0) is 19.3 Å². The molecule has 0 saturated heterocycles. The smallest absolute Gasteiger partial charge is 0.0767 e. The molecule has 2 unspecified atom stereocenters. The molecule has 0 saturated carbocycles. The Bertz CT molecular complexity index is 94.5. The summed E-state index contributed by atoms with van der Waals surface area (Å²) in [5.41, 5.74) is 0. The van der Waals surface area contributed by atoms with E-state index in [9.17, 15) is 0 Å². The molecule has 0 aromatic carbocycles. The first-order chi connectivity index (χ1) is 7.06. The first kappa shape index (κ1) is 20.3. The number of nitrogens with zero attached hydrogens (tertiary/aromatic N) is 1. The normalized spacial score (nSPS) is 13.2. The van der Waals surface area contributed by atoms with Crippen molar-refractivity contribution in [2.45, 2.75) is 67.4 Å². The van der Waals surface area contributed by atoms with Gasteiger partial charge in [0.2, 0.25) is 0 Å². The maximum atomic E-state index is 5.46. The van der Waals surface area contributed by atoms with Gasteiger partial charge in [-0.25, -0.2) is 0 Å². The number of rotatable bonds is 5. The molecule has 0 bridgehead atoms. The molecule has 0 aliphatic heterocycles. The molecule has 0 rings (SSSR count). The highest BCUT2D eigenvalue weighted by Crippen LogP contribution is 2.11. The summed E-state index contributed by atoms with van der Waals surface area (Å²) in [6.45, 7) is 14.6. The lowest BCUT2D eigenvalue weighted by Gasteiger charge is -2.20. The molecule has 2 nitrogen and oxygen atoms in total. The van der Waals surface area contributed by atoms with Crippen LogP contribution >= 0.6 is 0 Å². The van der Waals surface area contributed by atoms with Crippen molar-refractivity contribution in [1.29, 1.82) is 0 Å². The molecular formula is C13H33NO. The second kappa shape index (κ2) is 16.4. The summed E-state index contributed by atoms with van der Waals surface area (Å²) in [6.07, 6.45) is 2.73. The fourth-order valence-corrected chi connectivity index (χ4v) is 1.14. The minimum atomic E-state index is 0.347. The van der Waals surface area contributed by atoms with Gasteiger partial charge in [-0.2, -0.15) is 5.06 Å². The van der Waals surface area contributed by atoms with E-state index in [1.807, 2.05) is 41.8 Å². The Balaban J connectivity index is -0.000000318. The molecule has 0 heterocycles. The molecule has 0 aliphatic rings. The van der Waals surface area contributed by atoms with E-state index in [0.717, 1.165) is 12.3 Å². The van der Waals surface area contributed by atoms with Crippen LogP contribution in [0.15, 0.2) is 0 Å². The van der Waals surface area contributed by atoms with Gasteiger partial charge in [0.15, 0.2) is 0 Å². The van der Waals surface area contributed by atoms with E-state index in [1.54, 1.807) is 5.06 Å². The Kier molecular flexibility index (Phi) is 22.2. The molecule has 0 radical (unpaired) electrons. The third-order valence-electron chi connectivity index (χ3n) is 1.82. The summed E-state index contributed by atoms with van der Waals surface area (Å²) in [5.74, 6) is 0.768. The number of hydrogen-bond donors (Lipinski definition) is 0. The molecule has 0 fully saturated rings. The van der Waals surface area contributed by atoms with Gasteiger partial charge in [-0.15, -0.1) is 0 Å². The van der Waals surface area contributed by atoms with Crippen LogP contribution in [0.3, 0.4) is 0 Å². The van der Waals surface area contributed by atoms with E-state index in [2.05, 4.69) is 20.8 Å². The van der Waals surface area contributed by atoms with Gasteiger partial charge in [0, 0.05) is 14.1 Å². The minimum Gasteiger partial charge on any atom is -0.297 e. The maximum absolute atomic E-state index is 5.46. The average Bonchev–Trinajstić information content (AvgIpc) is 2.22. The van der Waals surface area contributed by atoms with Crippen molar-refractivity contribution in [3.8, 4) is 0 Å². The van der Waals surface area contributed by atoms with E-state index in [-0.39, 0.29) is 0 Å². The molecule has 96 valence electrons. The SMILES string of the molecule is CC.CC.CCC(C)CC(C)ON(C)C. The van der Waals surface area contributed by atoms with Crippen LogP contribution in [0.5, 0.6) is 0 Å². The molecule has 2 heteroatoms. The highest BCUT2D eigenvalue weighted by molar-refractivity contribution is 4.55. The van der Waals surface area contributed by atoms with Crippen LogP contribution in [0.25, 0.3) is 0 Å². The largest absolute Gasteiger partial charge is 0.297 e. The second-order valence-electron chi connectivity index (χ2n) is 3.48. The third-order valence-corrected chi connectivity index (χ3v) is 1.82. The summed E-state index contributed by atoms with van der Waals surface area (Å²) in [6, 6.07) is 0. The second-order valence-corrected chi connectivity index (χ2v) is 3.48. The summed E-state index contributed by atoms with van der Waals surface area (Å²) in [5, 5.41) is 1.77. The van der Waals surface area contributed by atoms with Gasteiger partial charge in [0.25, 0.3) is 0 Å². The zero-order valence-corrected chi connectivity index (χ0v) is 12.4. The van der Waals surface area contributed by atoms with E-state index < -0.39 is 0 Å². The van der Waals surface area contributed by atoms with E-state index in [1.165, 1.54) is 6.42 Å². The van der Waals surface area contributed by atoms with E-state index >= 15 is 0 Å². The highest BCUT2D eigenvalue weighted by atomic mass is 16.7. The van der Waals surface area contributed by atoms with Crippen molar-refractivity contribution in [3.05, 3.63) is 0 Å². The lowest BCUT2D eigenvalue weighted by atomic mass is 10.0. The summed E-state index contributed by atoms with van der Waals surface area (Å²) >= 11 is 0. The molecular weight excluding hydrogens is 186 g/mol. The zero-order valence-electron chi connectivity index (χ0n) is 12.4. The first-order valence-electron chi connectivity index (χ1n) is 6.40. The van der Waals surface area contributed by atoms with E-state index in [0.29, 0.717) is 6.10 Å². The lowest BCUT2D eigenvalue weighted by molar-refractivity contribution is -0.162. The monoisotopic (exact) mass is 219 g/mol. The summed E-state index contributed by atoms with van der Waals surface area (Å²) < 4.78 is 0. The van der Waals surface area contributed by atoms with Crippen molar-refractivity contribution in [2.24, 2.45) is 5.92 Å². The average molecular weight is 219 g/mol. The van der Waals surface area contributed by atoms with Gasteiger partial charge in [-0.3, -0.25) is 4.84 Å². The molecule has 2 atom stereocenters. The third kappa shape index (κ3) is 20.1. The molecule has 0 aliphatic carbocycles. The van der Waals surface area contributed by atoms with Crippen LogP contribution in [-0.4, -0.2) is 25.3 Å². The van der Waals surface area contributed by atoms with Gasteiger partial charge in [0.1, 0.15) is 0 Å². The number of hydroxylamine groups is 2. The Morgan fingerprint density at radius 1 is 1.00 bits per heavy atom. The molecule has 0 aromatic heterocycles. The van der Waals surface area contributed by atoms with Gasteiger partial charge in [-0.1, -0.05) is 48.0 Å². The highest BCUT2D eigenvalue weighted by Gasteiger charge is 2.07. The molecule has 0 amide bonds. The van der Waals surface area contributed by atoms with Crippen LogP contribution < -0.4 is 0 Å². The predicted molar refractivity (Wildman–Crippen MR) is 71.0 cm³/mol. The Morgan fingerprint density at radius 2 is 1.40 bits per heavy atom. The van der Waals surface area contributed by atoms with Crippen LogP contribution in [0.4, 0.5) is 0 Å². The van der Waals surface area contributed by atoms with Crippen molar-refractivity contribution >= 4 is 0 Å². The van der Waals surface area contributed by atoms with Gasteiger partial charge in [0.05, 0.1) is 6.10 Å².